The van der Waals surface area contributed by atoms with Crippen LogP contribution in [0.3, 0.4) is 0 Å². The maximum absolute atomic E-state index is 12.5. The first-order chi connectivity index (χ1) is 16.4. The van der Waals surface area contributed by atoms with Crippen molar-refractivity contribution in [3.05, 3.63) is 99.0 Å². The molecule has 4 nitrogen and oxygen atoms in total. The molecule has 0 aromatic heterocycles. The Bertz CT molecular complexity index is 1270. The molecule has 174 valence electrons. The minimum Gasteiger partial charge on any atom is -0.468 e. The number of rotatable bonds is 4. The number of ether oxygens (including phenoxy) is 1. The Morgan fingerprint density at radius 1 is 1.09 bits per heavy atom. The molecule has 3 atom stereocenters. The lowest BCUT2D eigenvalue weighted by atomic mass is 9.59. The number of carbonyl (C=O) groups excluding carboxylic acids is 1. The van der Waals surface area contributed by atoms with Gasteiger partial charge >= 0.3 is 5.97 Å². The van der Waals surface area contributed by atoms with Gasteiger partial charge in [0.2, 0.25) is 0 Å². The van der Waals surface area contributed by atoms with Crippen molar-refractivity contribution in [2.24, 2.45) is 4.99 Å². The van der Waals surface area contributed by atoms with E-state index >= 15 is 0 Å². The van der Waals surface area contributed by atoms with Gasteiger partial charge in [-0.2, -0.15) is 0 Å². The minimum atomic E-state index is -0.511. The number of fused-ring (bicyclic) bond motifs is 2. The summed E-state index contributed by atoms with van der Waals surface area (Å²) in [5.74, 6) is -0.142. The Hall–Kier alpha value is -2.66. The molecular formula is C28H26Cl2N2O2. The number of nitrogens with zero attached hydrogens (tertiary/aromatic N) is 2. The Balaban J connectivity index is 1.78. The highest BCUT2D eigenvalue weighted by Gasteiger charge is 2.55. The maximum Gasteiger partial charge on any atom is 0.319 e. The molecule has 2 aliphatic heterocycles. The van der Waals surface area contributed by atoms with Gasteiger partial charge in [0.05, 0.1) is 30.8 Å². The summed E-state index contributed by atoms with van der Waals surface area (Å²) in [6.07, 6.45) is 2.92. The van der Waals surface area contributed by atoms with Gasteiger partial charge in [-0.25, -0.2) is 0 Å². The third-order valence-electron chi connectivity index (χ3n) is 7.24. The first-order valence-electron chi connectivity index (χ1n) is 11.4. The largest absolute Gasteiger partial charge is 0.468 e. The van der Waals surface area contributed by atoms with Crippen LogP contribution in [0.15, 0.2) is 71.7 Å². The van der Waals surface area contributed by atoms with Crippen molar-refractivity contribution in [3.8, 4) is 0 Å². The van der Waals surface area contributed by atoms with Gasteiger partial charge in [0.1, 0.15) is 0 Å². The topological polar surface area (TPSA) is 41.9 Å². The van der Waals surface area contributed by atoms with Crippen LogP contribution < -0.4 is 0 Å². The lowest BCUT2D eigenvalue weighted by Crippen LogP contribution is -2.54. The average molecular weight is 493 g/mol. The third kappa shape index (κ3) is 3.84. The van der Waals surface area contributed by atoms with Crippen LogP contribution in [0, 0.1) is 6.92 Å². The highest BCUT2D eigenvalue weighted by atomic mass is 35.5. The Morgan fingerprint density at radius 3 is 2.65 bits per heavy atom. The summed E-state index contributed by atoms with van der Waals surface area (Å²) in [4.78, 5) is 19.6. The molecule has 2 aliphatic rings. The molecule has 0 saturated carbocycles. The first kappa shape index (κ1) is 23.1. The molecule has 1 fully saturated rings. The lowest BCUT2D eigenvalue weighted by molar-refractivity contribution is -0.143. The van der Waals surface area contributed by atoms with E-state index in [9.17, 15) is 4.79 Å². The molecule has 3 aromatic rings. The van der Waals surface area contributed by atoms with Crippen molar-refractivity contribution >= 4 is 41.1 Å². The van der Waals surface area contributed by atoms with Gasteiger partial charge in [0, 0.05) is 28.7 Å². The molecule has 0 bridgehead atoms. The van der Waals surface area contributed by atoms with Gasteiger partial charge in [0.15, 0.2) is 0 Å². The highest BCUT2D eigenvalue weighted by molar-refractivity contribution is 6.31. The number of carbonyl (C=O) groups is 1. The molecule has 6 heteroatoms. The summed E-state index contributed by atoms with van der Waals surface area (Å²) >= 11 is 12.8. The molecule has 0 radical (unpaired) electrons. The van der Waals surface area contributed by atoms with Crippen molar-refractivity contribution in [1.82, 2.24) is 4.90 Å². The van der Waals surface area contributed by atoms with E-state index in [2.05, 4.69) is 54.4 Å². The van der Waals surface area contributed by atoms with Crippen LogP contribution in [0.4, 0.5) is 5.69 Å². The quantitative estimate of drug-likeness (QED) is 0.382. The molecule has 2 heterocycles. The van der Waals surface area contributed by atoms with E-state index in [-0.39, 0.29) is 24.5 Å². The van der Waals surface area contributed by atoms with Crippen LogP contribution in [-0.2, 0) is 14.9 Å². The number of methoxy groups -OCH3 is 1. The van der Waals surface area contributed by atoms with E-state index in [1.165, 1.54) is 18.2 Å². The number of esters is 1. The molecule has 0 N–H and O–H groups in total. The van der Waals surface area contributed by atoms with Crippen molar-refractivity contribution in [1.29, 1.82) is 0 Å². The van der Waals surface area contributed by atoms with Crippen molar-refractivity contribution < 1.29 is 9.53 Å². The summed E-state index contributed by atoms with van der Waals surface area (Å²) in [5, 5.41) is 1.37. The van der Waals surface area contributed by atoms with Gasteiger partial charge in [0.25, 0.3) is 0 Å². The Labute approximate surface area is 210 Å². The van der Waals surface area contributed by atoms with E-state index in [0.29, 0.717) is 10.0 Å². The number of aryl methyl sites for hydroxylation is 1. The molecule has 0 amide bonds. The molecule has 0 aliphatic carbocycles. The molecular weight excluding hydrogens is 467 g/mol. The fraction of sp³-hybridized carbons (Fsp3) is 0.286. The van der Waals surface area contributed by atoms with E-state index in [1.54, 1.807) is 0 Å². The number of hydrogen-bond donors (Lipinski definition) is 0. The van der Waals surface area contributed by atoms with Crippen molar-refractivity contribution in [2.75, 3.05) is 20.2 Å². The zero-order chi connectivity index (χ0) is 23.9. The van der Waals surface area contributed by atoms with Crippen molar-refractivity contribution in [2.45, 2.75) is 30.7 Å². The van der Waals surface area contributed by atoms with Crippen LogP contribution in [0.1, 0.15) is 40.6 Å². The zero-order valence-electron chi connectivity index (χ0n) is 19.2. The second-order valence-corrected chi connectivity index (χ2v) is 9.93. The van der Waals surface area contributed by atoms with Gasteiger partial charge in [-0.05, 0) is 59.9 Å². The van der Waals surface area contributed by atoms with Crippen LogP contribution in [0.25, 0.3) is 0 Å². The van der Waals surface area contributed by atoms with E-state index in [4.69, 9.17) is 32.9 Å². The monoisotopic (exact) mass is 492 g/mol. The average Bonchev–Trinajstić information content (AvgIpc) is 3.18. The van der Waals surface area contributed by atoms with Gasteiger partial charge in [-0.15, -0.1) is 0 Å². The van der Waals surface area contributed by atoms with E-state index < -0.39 is 5.41 Å². The van der Waals surface area contributed by atoms with Gasteiger partial charge in [-0.1, -0.05) is 65.7 Å². The standard InChI is InChI=1S/C28H26Cl2N2O2/c1-18-6-3-4-9-22(18)27-28(17-31-25-15-21(30)10-11-24(25)28)23(19-7-5-8-20(29)14-19)12-13-32(27)16-26(33)34-2/h3-11,14-15,17,23,27H,12-13,16H2,1-2H3/t23-,27+,28-/m0/s1. The predicted molar refractivity (Wildman–Crippen MR) is 138 cm³/mol. The number of aliphatic imine (C=N–C) groups is 1. The highest BCUT2D eigenvalue weighted by Crippen LogP contribution is 2.59. The first-order valence-corrected chi connectivity index (χ1v) is 12.2. The smallest absolute Gasteiger partial charge is 0.319 e. The number of likely N-dealkylation sites (tertiary alicyclic amines) is 1. The minimum absolute atomic E-state index is 0.107. The summed E-state index contributed by atoms with van der Waals surface area (Å²) in [7, 11) is 1.44. The summed E-state index contributed by atoms with van der Waals surface area (Å²) < 4.78 is 5.08. The number of benzene rings is 3. The van der Waals surface area contributed by atoms with E-state index in [0.717, 1.165) is 29.8 Å². The number of piperidine rings is 1. The third-order valence-corrected chi connectivity index (χ3v) is 7.71. The molecule has 5 rings (SSSR count). The van der Waals surface area contributed by atoms with Crippen LogP contribution in [0.2, 0.25) is 10.0 Å². The zero-order valence-corrected chi connectivity index (χ0v) is 20.7. The fourth-order valence-corrected chi connectivity index (χ4v) is 6.15. The van der Waals surface area contributed by atoms with Crippen LogP contribution in [0.5, 0.6) is 0 Å². The number of hydrogen-bond acceptors (Lipinski definition) is 4. The SMILES string of the molecule is COC(=O)CN1CC[C@@H](c2cccc(Cl)c2)[C@]2(C=Nc3cc(Cl)ccc32)[C@H]1c1ccccc1C. The summed E-state index contributed by atoms with van der Waals surface area (Å²) in [5.41, 5.74) is 4.99. The van der Waals surface area contributed by atoms with E-state index in [1.807, 2.05) is 30.3 Å². The predicted octanol–water partition coefficient (Wildman–Crippen LogP) is 6.66. The molecule has 1 saturated heterocycles. The second-order valence-electron chi connectivity index (χ2n) is 9.05. The van der Waals surface area contributed by atoms with Gasteiger partial charge < -0.3 is 4.74 Å². The Morgan fingerprint density at radius 2 is 1.88 bits per heavy atom. The molecule has 3 aromatic carbocycles. The molecule has 34 heavy (non-hydrogen) atoms. The lowest BCUT2D eigenvalue weighted by Gasteiger charge is -2.52. The molecule has 0 unspecified atom stereocenters. The van der Waals surface area contributed by atoms with Crippen LogP contribution >= 0.6 is 23.2 Å². The normalized spacial score (nSPS) is 23.8. The number of halogens is 2. The summed E-state index contributed by atoms with van der Waals surface area (Å²) in [6, 6.07) is 22.3. The van der Waals surface area contributed by atoms with Crippen molar-refractivity contribution in [3.63, 3.8) is 0 Å². The van der Waals surface area contributed by atoms with Gasteiger partial charge in [-0.3, -0.25) is 14.7 Å². The summed E-state index contributed by atoms with van der Waals surface area (Å²) in [6.45, 7) is 3.07. The van der Waals surface area contributed by atoms with Crippen LogP contribution in [-0.4, -0.2) is 37.3 Å². The molecule has 1 spiro atoms. The Kier molecular flexibility index (Phi) is 6.24. The maximum atomic E-state index is 12.5. The second kappa shape index (κ2) is 9.18. The fourth-order valence-electron chi connectivity index (χ4n) is 5.79.